The third-order valence-corrected chi connectivity index (χ3v) is 6.59. The van der Waals surface area contributed by atoms with E-state index in [1.807, 2.05) is 62.4 Å². The summed E-state index contributed by atoms with van der Waals surface area (Å²) in [4.78, 5) is 16.6. The highest BCUT2D eigenvalue weighted by atomic mass is 32.2. The minimum Gasteiger partial charge on any atom is -0.492 e. The van der Waals surface area contributed by atoms with Gasteiger partial charge in [0.05, 0.1) is 6.61 Å². The van der Waals surface area contributed by atoms with E-state index in [-0.39, 0.29) is 12.3 Å². The topological polar surface area (TPSA) is 103 Å². The summed E-state index contributed by atoms with van der Waals surface area (Å²) in [5.74, 6) is 2.37. The van der Waals surface area contributed by atoms with E-state index in [4.69, 9.17) is 9.26 Å². The zero-order chi connectivity index (χ0) is 23.0. The van der Waals surface area contributed by atoms with Crippen molar-refractivity contribution in [2.75, 3.05) is 17.7 Å². The molecule has 2 aromatic heterocycles. The molecule has 4 rings (SSSR count). The Balaban J connectivity index is 1.19. The second kappa shape index (κ2) is 11.1. The molecule has 0 aliphatic rings. The van der Waals surface area contributed by atoms with Crippen LogP contribution in [0.15, 0.2) is 57.4 Å². The van der Waals surface area contributed by atoms with E-state index in [1.54, 1.807) is 11.8 Å². The Morgan fingerprint density at radius 1 is 1.12 bits per heavy atom. The molecule has 2 heterocycles. The van der Waals surface area contributed by atoms with E-state index in [0.717, 1.165) is 32.5 Å². The zero-order valence-electron chi connectivity index (χ0n) is 18.3. The predicted molar refractivity (Wildman–Crippen MR) is 129 cm³/mol. The number of nitrogens with zero attached hydrogens (tertiary/aromatic N) is 4. The Bertz CT molecular complexity index is 1210. The van der Waals surface area contributed by atoms with Crippen LogP contribution in [0.1, 0.15) is 23.4 Å². The van der Waals surface area contributed by atoms with Gasteiger partial charge in [-0.05, 0) is 25.5 Å². The Morgan fingerprint density at radius 2 is 1.94 bits per heavy atom. The molecule has 0 saturated carbocycles. The van der Waals surface area contributed by atoms with E-state index in [2.05, 4.69) is 25.7 Å². The number of benzene rings is 2. The van der Waals surface area contributed by atoms with Crippen molar-refractivity contribution in [2.45, 2.75) is 31.0 Å². The number of aryl methyl sites for hydroxylation is 3. The molecule has 0 fully saturated rings. The number of nitrogens with one attached hydrogen (secondary N) is 1. The van der Waals surface area contributed by atoms with Crippen LogP contribution in [0, 0.1) is 13.8 Å². The van der Waals surface area contributed by atoms with Gasteiger partial charge in [0.1, 0.15) is 5.75 Å². The number of rotatable bonds is 10. The molecule has 0 radical (unpaired) electrons. The largest absolute Gasteiger partial charge is 0.492 e. The Hall–Kier alpha value is -3.24. The van der Waals surface area contributed by atoms with Crippen LogP contribution in [0.4, 0.5) is 5.13 Å². The average Bonchev–Trinajstić information content (AvgIpc) is 3.47. The molecular weight excluding hydrogens is 458 g/mol. The Kier molecular flexibility index (Phi) is 7.69. The van der Waals surface area contributed by atoms with Gasteiger partial charge >= 0.3 is 0 Å². The first-order chi connectivity index (χ1) is 16.1. The first-order valence-electron chi connectivity index (χ1n) is 10.4. The SMILES string of the molecule is Cc1ccc(-c2noc(CCC(=O)Nc3nnc(SCCOc4ccccc4C)s3)n2)cc1. The van der Waals surface area contributed by atoms with Crippen molar-refractivity contribution in [3.05, 3.63) is 65.5 Å². The summed E-state index contributed by atoms with van der Waals surface area (Å²) in [6.07, 6.45) is 0.559. The minimum atomic E-state index is -0.180. The van der Waals surface area contributed by atoms with Crippen LogP contribution in [0.2, 0.25) is 0 Å². The van der Waals surface area contributed by atoms with Crippen LogP contribution < -0.4 is 10.1 Å². The zero-order valence-corrected chi connectivity index (χ0v) is 19.9. The van der Waals surface area contributed by atoms with Crippen LogP contribution in [-0.4, -0.2) is 38.6 Å². The lowest BCUT2D eigenvalue weighted by atomic mass is 10.1. The maximum Gasteiger partial charge on any atom is 0.227 e. The predicted octanol–water partition coefficient (Wildman–Crippen LogP) is 4.95. The number of anilines is 1. The molecule has 1 N–H and O–H groups in total. The van der Waals surface area contributed by atoms with Gasteiger partial charge in [-0.3, -0.25) is 4.79 Å². The number of ether oxygens (including phenoxy) is 1. The van der Waals surface area contributed by atoms with Crippen LogP contribution >= 0.6 is 23.1 Å². The normalized spacial score (nSPS) is 10.8. The Labute approximate surface area is 199 Å². The van der Waals surface area contributed by atoms with Gasteiger partial charge in [-0.2, -0.15) is 4.98 Å². The quantitative estimate of drug-likeness (QED) is 0.193. The number of carbonyl (C=O) groups is 1. The summed E-state index contributed by atoms with van der Waals surface area (Å²) in [6, 6.07) is 15.8. The van der Waals surface area contributed by atoms with E-state index in [0.29, 0.717) is 29.9 Å². The van der Waals surface area contributed by atoms with Crippen LogP contribution in [0.3, 0.4) is 0 Å². The number of para-hydroxylation sites is 1. The number of hydrogen-bond acceptors (Lipinski definition) is 9. The average molecular weight is 482 g/mol. The second-order valence-corrected chi connectivity index (χ2v) is 9.58. The van der Waals surface area contributed by atoms with E-state index < -0.39 is 0 Å². The summed E-state index contributed by atoms with van der Waals surface area (Å²) in [7, 11) is 0. The smallest absolute Gasteiger partial charge is 0.227 e. The minimum absolute atomic E-state index is 0.180. The fraction of sp³-hybridized carbons (Fsp3) is 0.261. The van der Waals surface area contributed by atoms with Gasteiger partial charge in [-0.1, -0.05) is 76.3 Å². The van der Waals surface area contributed by atoms with Crippen molar-refractivity contribution in [1.29, 1.82) is 0 Å². The van der Waals surface area contributed by atoms with Gasteiger partial charge in [0.15, 0.2) is 4.34 Å². The molecule has 10 heteroatoms. The number of thioether (sulfide) groups is 1. The lowest BCUT2D eigenvalue weighted by Crippen LogP contribution is -2.12. The highest BCUT2D eigenvalue weighted by Crippen LogP contribution is 2.26. The summed E-state index contributed by atoms with van der Waals surface area (Å²) in [5, 5.41) is 15.4. The fourth-order valence-corrected chi connectivity index (χ4v) is 4.55. The molecule has 0 unspecified atom stereocenters. The molecule has 0 aliphatic heterocycles. The van der Waals surface area contributed by atoms with Gasteiger partial charge in [0.2, 0.25) is 22.8 Å². The first-order valence-corrected chi connectivity index (χ1v) is 12.2. The van der Waals surface area contributed by atoms with Crippen LogP contribution in [0.5, 0.6) is 5.75 Å². The first kappa shape index (κ1) is 22.9. The summed E-state index contributed by atoms with van der Waals surface area (Å²) in [5.41, 5.74) is 3.14. The summed E-state index contributed by atoms with van der Waals surface area (Å²) < 4.78 is 11.8. The highest BCUT2D eigenvalue weighted by molar-refractivity contribution is 8.01. The van der Waals surface area contributed by atoms with Crippen molar-refractivity contribution in [2.24, 2.45) is 0 Å². The fourth-order valence-electron chi connectivity index (χ4n) is 2.90. The standard InChI is InChI=1S/C23H23N5O3S2/c1-15-7-9-17(10-8-15)21-25-20(31-28-21)12-11-19(29)24-22-26-27-23(33-22)32-14-13-30-18-6-4-3-5-16(18)2/h3-10H,11-14H2,1-2H3,(H,24,26,29). The molecule has 0 saturated heterocycles. The number of carbonyl (C=O) groups excluding carboxylic acids is 1. The maximum atomic E-state index is 12.3. The molecule has 2 aromatic carbocycles. The van der Waals surface area contributed by atoms with Crippen molar-refractivity contribution in [1.82, 2.24) is 20.3 Å². The molecular formula is C23H23N5O3S2. The molecule has 4 aromatic rings. The lowest BCUT2D eigenvalue weighted by molar-refractivity contribution is -0.116. The summed E-state index contributed by atoms with van der Waals surface area (Å²) >= 11 is 2.88. The molecule has 170 valence electrons. The highest BCUT2D eigenvalue weighted by Gasteiger charge is 2.13. The molecule has 1 amide bonds. The van der Waals surface area contributed by atoms with Gasteiger partial charge in [-0.25, -0.2) is 0 Å². The van der Waals surface area contributed by atoms with E-state index in [1.165, 1.54) is 11.3 Å². The Morgan fingerprint density at radius 3 is 2.76 bits per heavy atom. The molecule has 8 nitrogen and oxygen atoms in total. The molecule has 0 atom stereocenters. The number of amides is 1. The van der Waals surface area contributed by atoms with Gasteiger partial charge in [0.25, 0.3) is 0 Å². The molecule has 0 spiro atoms. The lowest BCUT2D eigenvalue weighted by Gasteiger charge is -2.07. The van der Waals surface area contributed by atoms with Crippen molar-refractivity contribution < 1.29 is 14.1 Å². The second-order valence-electron chi connectivity index (χ2n) is 7.26. The number of aromatic nitrogens is 4. The molecule has 0 aliphatic carbocycles. The third-order valence-electron chi connectivity index (χ3n) is 4.66. The van der Waals surface area contributed by atoms with Crippen molar-refractivity contribution in [3.63, 3.8) is 0 Å². The van der Waals surface area contributed by atoms with Crippen LogP contribution in [0.25, 0.3) is 11.4 Å². The maximum absolute atomic E-state index is 12.3. The van der Waals surface area contributed by atoms with Crippen LogP contribution in [-0.2, 0) is 11.2 Å². The van der Waals surface area contributed by atoms with Gasteiger partial charge in [0, 0.05) is 24.2 Å². The summed E-state index contributed by atoms with van der Waals surface area (Å²) in [6.45, 7) is 4.60. The monoisotopic (exact) mass is 481 g/mol. The third kappa shape index (κ3) is 6.62. The molecule has 33 heavy (non-hydrogen) atoms. The van der Waals surface area contributed by atoms with Gasteiger partial charge in [-0.15, -0.1) is 10.2 Å². The van der Waals surface area contributed by atoms with E-state index >= 15 is 0 Å². The van der Waals surface area contributed by atoms with Crippen molar-refractivity contribution >= 4 is 34.1 Å². The molecule has 0 bridgehead atoms. The van der Waals surface area contributed by atoms with Gasteiger partial charge < -0.3 is 14.6 Å². The van der Waals surface area contributed by atoms with E-state index in [9.17, 15) is 4.79 Å². The number of hydrogen-bond donors (Lipinski definition) is 1. The van der Waals surface area contributed by atoms with Crippen molar-refractivity contribution in [3.8, 4) is 17.1 Å².